The summed E-state index contributed by atoms with van der Waals surface area (Å²) in [7, 11) is 1.33. The highest BCUT2D eigenvalue weighted by Crippen LogP contribution is 2.16. The first-order valence-corrected chi connectivity index (χ1v) is 4.73. The maximum absolute atomic E-state index is 12.5. The Labute approximate surface area is 84.7 Å². The summed E-state index contributed by atoms with van der Waals surface area (Å²) in [5.41, 5.74) is 0. The van der Waals surface area contributed by atoms with Crippen LogP contribution in [0.1, 0.15) is 27.7 Å². The van der Waals surface area contributed by atoms with Crippen molar-refractivity contribution >= 4 is 0 Å². The molecule has 0 aliphatic carbocycles. The van der Waals surface area contributed by atoms with E-state index in [0.717, 1.165) is 12.1 Å². The van der Waals surface area contributed by atoms with Crippen LogP contribution in [0, 0.1) is 11.6 Å². The highest BCUT2D eigenvalue weighted by atomic mass is 19.1. The minimum Gasteiger partial charge on any atom is -0.494 e. The van der Waals surface area contributed by atoms with E-state index in [-0.39, 0.29) is 5.75 Å². The minimum atomic E-state index is -0.678. The lowest BCUT2D eigenvalue weighted by Gasteiger charge is -1.98. The fraction of sp³-hybridized carbons (Fsp3) is 0.455. The Morgan fingerprint density at radius 2 is 1.50 bits per heavy atom. The largest absolute Gasteiger partial charge is 0.494 e. The Bertz CT molecular complexity index is 237. The monoisotopic (exact) mass is 204 g/mol. The van der Waals surface area contributed by atoms with E-state index in [1.807, 2.05) is 27.7 Å². The van der Waals surface area contributed by atoms with Crippen molar-refractivity contribution in [1.82, 2.24) is 0 Å². The van der Waals surface area contributed by atoms with Crippen LogP contribution in [-0.2, 0) is 0 Å². The molecule has 0 fully saturated rings. The third-order valence-electron chi connectivity index (χ3n) is 1.11. The zero-order chi connectivity index (χ0) is 11.6. The number of ether oxygens (including phenoxy) is 1. The molecule has 0 spiro atoms. The summed E-state index contributed by atoms with van der Waals surface area (Å²) in [4.78, 5) is 0. The van der Waals surface area contributed by atoms with Crippen LogP contribution in [-0.4, -0.2) is 7.11 Å². The molecular formula is C11H18F2O. The molecule has 1 rings (SSSR count). The lowest BCUT2D eigenvalue weighted by molar-refractivity contribution is 0.384. The average molecular weight is 204 g/mol. The second-order valence-electron chi connectivity index (χ2n) is 1.78. The quantitative estimate of drug-likeness (QED) is 0.671. The summed E-state index contributed by atoms with van der Waals surface area (Å²) in [6.45, 7) is 8.00. The zero-order valence-corrected chi connectivity index (χ0v) is 9.40. The Morgan fingerprint density at radius 1 is 1.00 bits per heavy atom. The van der Waals surface area contributed by atoms with E-state index >= 15 is 0 Å². The molecule has 0 aliphatic heterocycles. The Hall–Kier alpha value is -1.12. The van der Waals surface area contributed by atoms with Gasteiger partial charge in [0.15, 0.2) is 11.6 Å². The molecule has 0 aromatic heterocycles. The summed E-state index contributed by atoms with van der Waals surface area (Å²) in [5, 5.41) is 0. The first-order chi connectivity index (χ1) is 6.74. The first-order valence-electron chi connectivity index (χ1n) is 4.73. The predicted octanol–water partition coefficient (Wildman–Crippen LogP) is 4.03. The van der Waals surface area contributed by atoms with Crippen LogP contribution in [0.4, 0.5) is 8.78 Å². The van der Waals surface area contributed by atoms with Crippen LogP contribution in [0.5, 0.6) is 5.75 Å². The van der Waals surface area contributed by atoms with Crippen LogP contribution >= 0.6 is 0 Å². The SMILES string of the molecule is CC.CC.COc1ccc(F)cc1F. The van der Waals surface area contributed by atoms with Crippen molar-refractivity contribution in [2.45, 2.75) is 27.7 Å². The summed E-state index contributed by atoms with van der Waals surface area (Å²) in [6.07, 6.45) is 0. The van der Waals surface area contributed by atoms with Gasteiger partial charge in [-0.3, -0.25) is 0 Å². The van der Waals surface area contributed by atoms with Gasteiger partial charge in [-0.2, -0.15) is 0 Å². The molecule has 0 saturated carbocycles. The van der Waals surface area contributed by atoms with Gasteiger partial charge in [-0.15, -0.1) is 0 Å². The molecule has 0 bridgehead atoms. The number of halogens is 2. The van der Waals surface area contributed by atoms with Gasteiger partial charge in [0.25, 0.3) is 0 Å². The van der Waals surface area contributed by atoms with E-state index in [1.165, 1.54) is 13.2 Å². The van der Waals surface area contributed by atoms with Gasteiger partial charge >= 0.3 is 0 Å². The van der Waals surface area contributed by atoms with E-state index in [4.69, 9.17) is 0 Å². The molecule has 0 amide bonds. The Balaban J connectivity index is 0. The highest BCUT2D eigenvalue weighted by Gasteiger charge is 2.01. The molecule has 0 radical (unpaired) electrons. The third kappa shape index (κ3) is 5.51. The maximum atomic E-state index is 12.5. The lowest BCUT2D eigenvalue weighted by Crippen LogP contribution is -1.87. The van der Waals surface area contributed by atoms with Gasteiger partial charge in [0, 0.05) is 6.07 Å². The number of hydrogen-bond acceptors (Lipinski definition) is 1. The van der Waals surface area contributed by atoms with Crippen molar-refractivity contribution in [3.63, 3.8) is 0 Å². The van der Waals surface area contributed by atoms with E-state index in [9.17, 15) is 8.78 Å². The van der Waals surface area contributed by atoms with Crippen molar-refractivity contribution in [2.24, 2.45) is 0 Å². The minimum absolute atomic E-state index is 0.0569. The number of methoxy groups -OCH3 is 1. The van der Waals surface area contributed by atoms with Gasteiger partial charge in [0.2, 0.25) is 0 Å². The Morgan fingerprint density at radius 3 is 1.86 bits per heavy atom. The standard InChI is InChI=1S/C7H6F2O.2C2H6/c1-10-7-3-2-5(8)4-6(7)9;2*1-2/h2-4H,1H3;2*1-2H3. The lowest BCUT2D eigenvalue weighted by atomic mass is 10.3. The molecule has 82 valence electrons. The molecule has 1 nitrogen and oxygen atoms in total. The fourth-order valence-electron chi connectivity index (χ4n) is 0.641. The van der Waals surface area contributed by atoms with Gasteiger partial charge in [-0.05, 0) is 12.1 Å². The normalized spacial score (nSPS) is 7.64. The molecule has 0 N–H and O–H groups in total. The molecule has 0 heterocycles. The van der Waals surface area contributed by atoms with Gasteiger partial charge in [0.1, 0.15) is 5.82 Å². The number of hydrogen-bond donors (Lipinski definition) is 0. The number of rotatable bonds is 1. The average Bonchev–Trinajstić information content (AvgIpc) is 2.24. The Kier molecular flexibility index (Phi) is 10.9. The molecular weight excluding hydrogens is 186 g/mol. The second kappa shape index (κ2) is 9.96. The van der Waals surface area contributed by atoms with Crippen LogP contribution in [0.2, 0.25) is 0 Å². The molecule has 3 heteroatoms. The predicted molar refractivity (Wildman–Crippen MR) is 55.6 cm³/mol. The molecule has 0 saturated heterocycles. The molecule has 0 unspecified atom stereocenters. The second-order valence-corrected chi connectivity index (χ2v) is 1.78. The van der Waals surface area contributed by atoms with E-state index in [0.29, 0.717) is 0 Å². The smallest absolute Gasteiger partial charge is 0.167 e. The van der Waals surface area contributed by atoms with E-state index in [1.54, 1.807) is 0 Å². The maximum Gasteiger partial charge on any atom is 0.167 e. The molecule has 0 atom stereocenters. The number of benzene rings is 1. The first kappa shape index (κ1) is 15.4. The van der Waals surface area contributed by atoms with Crippen molar-refractivity contribution in [1.29, 1.82) is 0 Å². The summed E-state index contributed by atoms with van der Waals surface area (Å²) >= 11 is 0. The molecule has 14 heavy (non-hydrogen) atoms. The molecule has 1 aromatic rings. The highest BCUT2D eigenvalue weighted by molar-refractivity contribution is 5.24. The van der Waals surface area contributed by atoms with Crippen LogP contribution < -0.4 is 4.74 Å². The molecule has 0 aliphatic rings. The van der Waals surface area contributed by atoms with Crippen LogP contribution in [0.25, 0.3) is 0 Å². The van der Waals surface area contributed by atoms with E-state index in [2.05, 4.69) is 4.74 Å². The summed E-state index contributed by atoms with van der Waals surface area (Å²) in [5.74, 6) is -1.22. The van der Waals surface area contributed by atoms with Crippen LogP contribution in [0.3, 0.4) is 0 Å². The fourth-order valence-corrected chi connectivity index (χ4v) is 0.641. The van der Waals surface area contributed by atoms with Gasteiger partial charge in [-0.25, -0.2) is 8.78 Å². The van der Waals surface area contributed by atoms with Crippen molar-refractivity contribution < 1.29 is 13.5 Å². The topological polar surface area (TPSA) is 9.23 Å². The zero-order valence-electron chi connectivity index (χ0n) is 9.40. The third-order valence-corrected chi connectivity index (χ3v) is 1.11. The summed E-state index contributed by atoms with van der Waals surface area (Å²) in [6, 6.07) is 3.16. The van der Waals surface area contributed by atoms with Crippen molar-refractivity contribution in [3.8, 4) is 5.75 Å². The summed E-state index contributed by atoms with van der Waals surface area (Å²) < 4.78 is 29.2. The van der Waals surface area contributed by atoms with Gasteiger partial charge < -0.3 is 4.74 Å². The van der Waals surface area contributed by atoms with Crippen molar-refractivity contribution in [2.75, 3.05) is 7.11 Å². The van der Waals surface area contributed by atoms with Crippen molar-refractivity contribution in [3.05, 3.63) is 29.8 Å². The van der Waals surface area contributed by atoms with Gasteiger partial charge in [-0.1, -0.05) is 27.7 Å². The molecule has 1 aromatic carbocycles. The van der Waals surface area contributed by atoms with Gasteiger partial charge in [0.05, 0.1) is 7.11 Å². The van der Waals surface area contributed by atoms with E-state index < -0.39 is 11.6 Å². The van der Waals surface area contributed by atoms with Crippen LogP contribution in [0.15, 0.2) is 18.2 Å².